The predicted molar refractivity (Wildman–Crippen MR) is 121 cm³/mol. The molecule has 31 heavy (non-hydrogen) atoms. The second kappa shape index (κ2) is 8.69. The number of nitrogens with one attached hydrogen (secondary N) is 3. The monoisotopic (exact) mass is 439 g/mol. The zero-order valence-electron chi connectivity index (χ0n) is 17.7. The van der Waals surface area contributed by atoms with Gasteiger partial charge in [0.15, 0.2) is 0 Å². The minimum Gasteiger partial charge on any atom is -0.393 e. The first-order valence-corrected chi connectivity index (χ1v) is 10.7. The van der Waals surface area contributed by atoms with Crippen molar-refractivity contribution in [2.24, 2.45) is 5.92 Å². The molecular weight excluding hydrogens is 414 g/mol. The highest BCUT2D eigenvalue weighted by Crippen LogP contribution is 2.31. The van der Waals surface area contributed by atoms with Gasteiger partial charge in [-0.2, -0.15) is 0 Å². The second-order valence-corrected chi connectivity index (χ2v) is 8.52. The summed E-state index contributed by atoms with van der Waals surface area (Å²) in [6.07, 6.45) is 1.03. The van der Waals surface area contributed by atoms with E-state index in [4.69, 9.17) is 11.6 Å². The van der Waals surface area contributed by atoms with E-state index in [0.717, 1.165) is 22.5 Å². The number of H-pyrrole nitrogens is 1. The van der Waals surface area contributed by atoms with Crippen molar-refractivity contribution in [3.8, 4) is 11.3 Å². The zero-order chi connectivity index (χ0) is 22.1. The molecule has 1 fully saturated rings. The minimum absolute atomic E-state index is 0.0834. The third kappa shape index (κ3) is 4.43. The number of benzene rings is 1. The molecule has 7 nitrogen and oxygen atoms in total. The van der Waals surface area contributed by atoms with Crippen molar-refractivity contribution in [2.75, 3.05) is 11.9 Å². The number of aromatic amines is 1. The van der Waals surface area contributed by atoms with Gasteiger partial charge in [0.1, 0.15) is 0 Å². The minimum atomic E-state index is -0.609. The standard InChI is InChI=1S/C23H26ClN5O2/c1-12-10-19(28-21(12)15-4-6-16(24)7-5-15)13(2)27-23-25-9-8-18(29-23)20-17(14(3)30)11-26-22(20)31/h4-10,13-14,17,20,28,30H,11H2,1-3H3,(H,26,31)(H,25,27,29)/t13-,14+,17?,20+/m0/s1. The molecule has 8 heteroatoms. The molecule has 4 N–H and O–H groups in total. The number of rotatable bonds is 6. The summed E-state index contributed by atoms with van der Waals surface area (Å²) in [6, 6.07) is 11.5. The maximum absolute atomic E-state index is 12.3. The van der Waals surface area contributed by atoms with Crippen LogP contribution in [0.2, 0.25) is 5.02 Å². The molecular formula is C23H26ClN5O2. The Kier molecular flexibility index (Phi) is 5.98. The first kappa shape index (κ1) is 21.3. The summed E-state index contributed by atoms with van der Waals surface area (Å²) in [4.78, 5) is 24.7. The number of hydrogen-bond acceptors (Lipinski definition) is 5. The molecule has 0 aliphatic carbocycles. The van der Waals surface area contributed by atoms with Gasteiger partial charge in [-0.05, 0) is 56.2 Å². The summed E-state index contributed by atoms with van der Waals surface area (Å²) in [7, 11) is 0. The van der Waals surface area contributed by atoms with Gasteiger partial charge in [-0.1, -0.05) is 23.7 Å². The topological polar surface area (TPSA) is 103 Å². The van der Waals surface area contributed by atoms with Gasteiger partial charge in [0.05, 0.1) is 23.8 Å². The number of anilines is 1. The van der Waals surface area contributed by atoms with Crippen molar-refractivity contribution in [3.05, 3.63) is 64.6 Å². The molecule has 3 aromatic rings. The largest absolute Gasteiger partial charge is 0.393 e. The van der Waals surface area contributed by atoms with Crippen LogP contribution < -0.4 is 10.6 Å². The van der Waals surface area contributed by atoms with E-state index in [-0.39, 0.29) is 17.9 Å². The van der Waals surface area contributed by atoms with E-state index >= 15 is 0 Å². The number of aliphatic hydroxyl groups is 1. The van der Waals surface area contributed by atoms with Crippen LogP contribution >= 0.6 is 11.6 Å². The van der Waals surface area contributed by atoms with Crippen LogP contribution in [0, 0.1) is 12.8 Å². The fourth-order valence-electron chi connectivity index (χ4n) is 4.06. The average molecular weight is 440 g/mol. The van der Waals surface area contributed by atoms with Gasteiger partial charge >= 0.3 is 0 Å². The maximum atomic E-state index is 12.3. The maximum Gasteiger partial charge on any atom is 0.229 e. The van der Waals surface area contributed by atoms with Crippen LogP contribution in [-0.2, 0) is 4.79 Å². The second-order valence-electron chi connectivity index (χ2n) is 8.09. The van der Waals surface area contributed by atoms with Crippen molar-refractivity contribution >= 4 is 23.5 Å². The Labute approximate surface area is 186 Å². The van der Waals surface area contributed by atoms with Gasteiger partial charge in [0.2, 0.25) is 11.9 Å². The first-order valence-electron chi connectivity index (χ1n) is 10.3. The molecule has 1 unspecified atom stereocenters. The van der Waals surface area contributed by atoms with Crippen molar-refractivity contribution < 1.29 is 9.90 Å². The Bertz CT molecular complexity index is 1080. The summed E-state index contributed by atoms with van der Waals surface area (Å²) < 4.78 is 0. The lowest BCUT2D eigenvalue weighted by Gasteiger charge is -2.19. The molecule has 0 saturated carbocycles. The SMILES string of the molecule is Cc1cc([C@H](C)Nc2nccc([C@@H]3C(=O)NCC3[C@@H](C)O)n2)[nH]c1-c1ccc(Cl)cc1. The van der Waals surface area contributed by atoms with Crippen LogP contribution in [-0.4, -0.2) is 38.6 Å². The summed E-state index contributed by atoms with van der Waals surface area (Å²) >= 11 is 6.01. The lowest BCUT2D eigenvalue weighted by atomic mass is 9.88. The van der Waals surface area contributed by atoms with E-state index in [1.165, 1.54) is 0 Å². The van der Waals surface area contributed by atoms with Crippen molar-refractivity contribution in [3.63, 3.8) is 0 Å². The van der Waals surface area contributed by atoms with E-state index < -0.39 is 12.0 Å². The molecule has 2 aromatic heterocycles. The number of aliphatic hydroxyl groups excluding tert-OH is 1. The fraction of sp³-hybridized carbons (Fsp3) is 0.348. The van der Waals surface area contributed by atoms with Gasteiger partial charge in [-0.3, -0.25) is 4.79 Å². The third-order valence-electron chi connectivity index (χ3n) is 5.82. The molecule has 0 bridgehead atoms. The van der Waals surface area contributed by atoms with Crippen molar-refractivity contribution in [1.82, 2.24) is 20.3 Å². The smallest absolute Gasteiger partial charge is 0.229 e. The third-order valence-corrected chi connectivity index (χ3v) is 6.07. The average Bonchev–Trinajstić information content (AvgIpc) is 3.32. The van der Waals surface area contributed by atoms with Crippen LogP contribution in [0.3, 0.4) is 0 Å². The molecule has 0 spiro atoms. The Hall–Kier alpha value is -2.90. The number of halogens is 1. The molecule has 3 heterocycles. The number of carbonyl (C=O) groups is 1. The van der Waals surface area contributed by atoms with Crippen molar-refractivity contribution in [1.29, 1.82) is 0 Å². The van der Waals surface area contributed by atoms with Crippen molar-refractivity contribution in [2.45, 2.75) is 38.8 Å². The van der Waals surface area contributed by atoms with Gasteiger partial charge in [0, 0.05) is 35.1 Å². The molecule has 4 atom stereocenters. The fourth-order valence-corrected chi connectivity index (χ4v) is 4.19. The van der Waals surface area contributed by atoms with Gasteiger partial charge in [0.25, 0.3) is 0 Å². The van der Waals surface area contributed by atoms with E-state index in [2.05, 4.69) is 38.6 Å². The predicted octanol–water partition coefficient (Wildman–Crippen LogP) is 3.82. The lowest BCUT2D eigenvalue weighted by molar-refractivity contribution is -0.121. The van der Waals surface area contributed by atoms with E-state index in [0.29, 0.717) is 23.2 Å². The number of carbonyl (C=O) groups excluding carboxylic acids is 1. The van der Waals surface area contributed by atoms with Gasteiger partial charge in [-0.15, -0.1) is 0 Å². The molecule has 1 aliphatic rings. The first-order chi connectivity index (χ1) is 14.8. The number of amides is 1. The highest BCUT2D eigenvalue weighted by Gasteiger charge is 2.39. The highest BCUT2D eigenvalue weighted by atomic mass is 35.5. The molecule has 1 saturated heterocycles. The van der Waals surface area contributed by atoms with Gasteiger partial charge < -0.3 is 20.7 Å². The number of nitrogens with zero attached hydrogens (tertiary/aromatic N) is 2. The molecule has 0 radical (unpaired) electrons. The molecule has 1 aromatic carbocycles. The molecule has 4 rings (SSSR count). The normalized spacial score (nSPS) is 20.4. The zero-order valence-corrected chi connectivity index (χ0v) is 18.4. The Balaban J connectivity index is 1.54. The number of aryl methyl sites for hydroxylation is 1. The van der Waals surface area contributed by atoms with Crippen LogP contribution in [0.25, 0.3) is 11.3 Å². The van der Waals surface area contributed by atoms with E-state index in [1.807, 2.05) is 31.2 Å². The van der Waals surface area contributed by atoms with Crippen LogP contribution in [0.4, 0.5) is 5.95 Å². The Morgan fingerprint density at radius 3 is 2.68 bits per heavy atom. The Morgan fingerprint density at radius 1 is 1.23 bits per heavy atom. The van der Waals surface area contributed by atoms with Crippen LogP contribution in [0.1, 0.15) is 42.8 Å². The number of hydrogen-bond donors (Lipinski definition) is 4. The van der Waals surface area contributed by atoms with Crippen LogP contribution in [0.5, 0.6) is 0 Å². The summed E-state index contributed by atoms with van der Waals surface area (Å²) in [5.74, 6) is -0.366. The van der Waals surface area contributed by atoms with E-state index in [9.17, 15) is 9.90 Å². The Morgan fingerprint density at radius 2 is 1.97 bits per heavy atom. The number of aromatic nitrogens is 3. The molecule has 1 aliphatic heterocycles. The molecule has 1 amide bonds. The van der Waals surface area contributed by atoms with Crippen LogP contribution in [0.15, 0.2) is 42.6 Å². The quantitative estimate of drug-likeness (QED) is 0.467. The van der Waals surface area contributed by atoms with E-state index in [1.54, 1.807) is 19.2 Å². The molecule has 162 valence electrons. The lowest BCUT2D eigenvalue weighted by Crippen LogP contribution is -2.25. The summed E-state index contributed by atoms with van der Waals surface area (Å²) in [5, 5.41) is 16.9. The summed E-state index contributed by atoms with van der Waals surface area (Å²) in [6.45, 7) is 6.22. The summed E-state index contributed by atoms with van der Waals surface area (Å²) in [5.41, 5.74) is 4.84. The van der Waals surface area contributed by atoms with Gasteiger partial charge in [-0.25, -0.2) is 9.97 Å². The highest BCUT2D eigenvalue weighted by molar-refractivity contribution is 6.30.